The summed E-state index contributed by atoms with van der Waals surface area (Å²) in [6, 6.07) is 9.04. The molecule has 35 heavy (non-hydrogen) atoms. The Kier molecular flexibility index (Phi) is 10.2. The zero-order valence-electron chi connectivity index (χ0n) is 20.1. The molecule has 1 aliphatic rings. The predicted molar refractivity (Wildman–Crippen MR) is 116 cm³/mol. The lowest BCUT2D eigenvalue weighted by molar-refractivity contribution is -0.305. The number of benzene rings is 1. The molecule has 1 fully saturated rings. The average Bonchev–Trinajstić information content (AvgIpc) is 2.75. The Labute approximate surface area is 202 Å². The topological polar surface area (TPSA) is 144 Å². The van der Waals surface area contributed by atoms with Crippen LogP contribution >= 0.6 is 0 Å². The molecule has 2 rings (SSSR count). The van der Waals surface area contributed by atoms with E-state index in [9.17, 15) is 24.0 Å². The fourth-order valence-electron chi connectivity index (χ4n) is 3.42. The second-order valence-electron chi connectivity index (χ2n) is 7.71. The minimum Gasteiger partial charge on any atom is -0.456 e. The summed E-state index contributed by atoms with van der Waals surface area (Å²) in [5, 5.41) is 0.982. The number of rotatable bonds is 9. The number of esters is 4. The van der Waals surface area contributed by atoms with E-state index in [-0.39, 0.29) is 13.2 Å². The van der Waals surface area contributed by atoms with E-state index in [1.807, 2.05) is 6.07 Å². The second-order valence-corrected chi connectivity index (χ2v) is 7.71. The number of amides is 1. The van der Waals surface area contributed by atoms with Gasteiger partial charge in [-0.05, 0) is 5.56 Å². The first-order valence-electron chi connectivity index (χ1n) is 10.8. The van der Waals surface area contributed by atoms with Crippen LogP contribution in [0.25, 0.3) is 0 Å². The minimum atomic E-state index is -1.53. The summed E-state index contributed by atoms with van der Waals surface area (Å²) < 4.78 is 26.9. The minimum absolute atomic E-state index is 0.0438. The summed E-state index contributed by atoms with van der Waals surface area (Å²) in [5.41, 5.74) is 0.783. The Morgan fingerprint density at radius 1 is 0.743 bits per heavy atom. The van der Waals surface area contributed by atoms with E-state index in [4.69, 9.17) is 28.5 Å². The number of hydroxylamine groups is 2. The van der Waals surface area contributed by atoms with Gasteiger partial charge in [0, 0.05) is 34.6 Å². The molecule has 12 heteroatoms. The monoisotopic (exact) mass is 495 g/mol. The molecule has 0 aliphatic carbocycles. The molecule has 12 nitrogen and oxygen atoms in total. The van der Waals surface area contributed by atoms with Crippen molar-refractivity contribution in [2.75, 3.05) is 6.54 Å². The van der Waals surface area contributed by atoms with Gasteiger partial charge in [0.15, 0.2) is 12.2 Å². The highest BCUT2D eigenvalue weighted by Crippen LogP contribution is 2.30. The molecule has 1 aromatic rings. The van der Waals surface area contributed by atoms with Crippen molar-refractivity contribution in [3.63, 3.8) is 0 Å². The van der Waals surface area contributed by atoms with Crippen LogP contribution in [0.3, 0.4) is 0 Å². The van der Waals surface area contributed by atoms with Crippen LogP contribution in [0.4, 0.5) is 0 Å². The number of ether oxygens (including phenoxy) is 5. The maximum Gasteiger partial charge on any atom is 0.305 e. The summed E-state index contributed by atoms with van der Waals surface area (Å²) in [6.07, 6.45) is -6.92. The average molecular weight is 495 g/mol. The van der Waals surface area contributed by atoms with E-state index < -0.39 is 60.5 Å². The van der Waals surface area contributed by atoms with Gasteiger partial charge in [-0.1, -0.05) is 30.3 Å². The van der Waals surface area contributed by atoms with Crippen LogP contribution in [-0.4, -0.2) is 72.1 Å². The van der Waals surface area contributed by atoms with Gasteiger partial charge in [0.05, 0.1) is 6.54 Å². The molecule has 1 saturated heterocycles. The highest BCUT2D eigenvalue weighted by molar-refractivity contribution is 5.72. The van der Waals surface area contributed by atoms with E-state index >= 15 is 0 Å². The summed E-state index contributed by atoms with van der Waals surface area (Å²) in [6.45, 7) is 5.42. The summed E-state index contributed by atoms with van der Waals surface area (Å²) >= 11 is 0. The van der Waals surface area contributed by atoms with E-state index in [2.05, 4.69) is 0 Å². The molecular weight excluding hydrogens is 466 g/mol. The van der Waals surface area contributed by atoms with Crippen molar-refractivity contribution in [2.24, 2.45) is 0 Å². The van der Waals surface area contributed by atoms with Crippen LogP contribution in [0.2, 0.25) is 0 Å². The van der Waals surface area contributed by atoms with Crippen LogP contribution in [-0.2, 0) is 59.1 Å². The van der Waals surface area contributed by atoms with Crippen molar-refractivity contribution in [2.45, 2.75) is 71.9 Å². The van der Waals surface area contributed by atoms with Gasteiger partial charge in [0.25, 0.3) is 0 Å². The van der Waals surface area contributed by atoms with E-state index in [0.29, 0.717) is 0 Å². The molecule has 0 N–H and O–H groups in total. The fraction of sp³-hybridized carbons (Fsp3) is 0.522. The molecule has 0 aromatic heterocycles. The molecule has 1 amide bonds. The van der Waals surface area contributed by atoms with Crippen molar-refractivity contribution < 1.29 is 52.5 Å². The SMILES string of the molecule is CC(=O)OC1O[C@H](CN(OCc2ccccc2)C(C)=O)[C@H](OC(C)=O)[C@H](OC(C)=O)[C@H]1OC(C)=O. The van der Waals surface area contributed by atoms with Gasteiger partial charge in [-0.15, -0.1) is 0 Å². The Balaban J connectivity index is 2.38. The molecular formula is C23H29NO11. The molecule has 0 saturated carbocycles. The maximum absolute atomic E-state index is 12.3. The Morgan fingerprint density at radius 3 is 1.77 bits per heavy atom. The molecule has 1 aromatic carbocycles. The number of nitrogens with zero attached hydrogens (tertiary/aromatic N) is 1. The summed E-state index contributed by atoms with van der Waals surface area (Å²) in [4.78, 5) is 65.1. The third-order valence-corrected chi connectivity index (χ3v) is 4.71. The summed E-state index contributed by atoms with van der Waals surface area (Å²) in [7, 11) is 0. The zero-order chi connectivity index (χ0) is 26.1. The van der Waals surface area contributed by atoms with Crippen LogP contribution in [0.5, 0.6) is 0 Å². The number of carbonyl (C=O) groups excluding carboxylic acids is 5. The normalized spacial score (nSPS) is 23.5. The van der Waals surface area contributed by atoms with Gasteiger partial charge in [-0.2, -0.15) is 0 Å². The molecule has 0 spiro atoms. The van der Waals surface area contributed by atoms with Crippen LogP contribution in [0.1, 0.15) is 40.2 Å². The van der Waals surface area contributed by atoms with Gasteiger partial charge in [-0.25, -0.2) is 5.06 Å². The van der Waals surface area contributed by atoms with Crippen molar-refractivity contribution >= 4 is 29.8 Å². The molecule has 1 unspecified atom stereocenters. The molecule has 5 atom stereocenters. The summed E-state index contributed by atoms with van der Waals surface area (Å²) in [5.74, 6) is -3.60. The van der Waals surface area contributed by atoms with Crippen LogP contribution in [0.15, 0.2) is 30.3 Å². The van der Waals surface area contributed by atoms with E-state index in [1.165, 1.54) is 6.92 Å². The smallest absolute Gasteiger partial charge is 0.305 e. The van der Waals surface area contributed by atoms with Crippen LogP contribution in [0, 0.1) is 0 Å². The van der Waals surface area contributed by atoms with Crippen LogP contribution < -0.4 is 0 Å². The predicted octanol–water partition coefficient (Wildman–Crippen LogP) is 1.05. The lowest BCUT2D eigenvalue weighted by Gasteiger charge is -2.44. The molecule has 1 aliphatic heterocycles. The largest absolute Gasteiger partial charge is 0.456 e. The van der Waals surface area contributed by atoms with Gasteiger partial charge in [0.1, 0.15) is 12.7 Å². The Bertz CT molecular complexity index is 919. The van der Waals surface area contributed by atoms with Gasteiger partial charge < -0.3 is 23.7 Å². The van der Waals surface area contributed by atoms with Gasteiger partial charge in [-0.3, -0.25) is 28.8 Å². The first kappa shape index (κ1) is 27.7. The van der Waals surface area contributed by atoms with Crippen molar-refractivity contribution in [3.8, 4) is 0 Å². The third-order valence-electron chi connectivity index (χ3n) is 4.71. The molecule has 192 valence electrons. The van der Waals surface area contributed by atoms with Crippen molar-refractivity contribution in [3.05, 3.63) is 35.9 Å². The highest BCUT2D eigenvalue weighted by Gasteiger charge is 2.53. The molecule has 1 heterocycles. The van der Waals surface area contributed by atoms with E-state index in [0.717, 1.165) is 38.3 Å². The van der Waals surface area contributed by atoms with Crippen molar-refractivity contribution in [1.82, 2.24) is 5.06 Å². The zero-order valence-corrected chi connectivity index (χ0v) is 20.1. The Hall–Kier alpha value is -3.51. The number of carbonyl (C=O) groups is 5. The van der Waals surface area contributed by atoms with Gasteiger partial charge in [0.2, 0.25) is 18.3 Å². The first-order valence-corrected chi connectivity index (χ1v) is 10.8. The van der Waals surface area contributed by atoms with Gasteiger partial charge >= 0.3 is 23.9 Å². The quantitative estimate of drug-likeness (QED) is 0.275. The lowest BCUT2D eigenvalue weighted by atomic mass is 9.97. The second kappa shape index (κ2) is 12.8. The highest BCUT2D eigenvalue weighted by atomic mass is 16.7. The number of hydrogen-bond acceptors (Lipinski definition) is 11. The third kappa shape index (κ3) is 8.65. The van der Waals surface area contributed by atoms with Crippen molar-refractivity contribution in [1.29, 1.82) is 0 Å². The number of hydrogen-bond donors (Lipinski definition) is 0. The molecule has 0 radical (unpaired) electrons. The fourth-order valence-corrected chi connectivity index (χ4v) is 3.42. The lowest BCUT2D eigenvalue weighted by Crippen LogP contribution is -2.64. The first-order chi connectivity index (χ1) is 16.5. The molecule has 0 bridgehead atoms. The maximum atomic E-state index is 12.3. The van der Waals surface area contributed by atoms with E-state index in [1.54, 1.807) is 24.3 Å². The standard InChI is InChI=1S/C23H29NO11/c1-13(25)24(30-12-18-9-7-6-8-10-18)11-19-20(31-14(2)26)21(32-15(3)27)22(33-16(4)28)23(35-19)34-17(5)29/h6-10,19-23H,11-12H2,1-5H3/t19-,20+,21+,22-,23?/m1/s1. The Morgan fingerprint density at radius 2 is 1.26 bits per heavy atom.